The summed E-state index contributed by atoms with van der Waals surface area (Å²) < 4.78 is 0. The van der Waals surface area contributed by atoms with E-state index in [2.05, 4.69) is 31.4 Å². The summed E-state index contributed by atoms with van der Waals surface area (Å²) in [4.78, 5) is 37.9. The van der Waals surface area contributed by atoms with Crippen LogP contribution in [0.25, 0.3) is 0 Å². The van der Waals surface area contributed by atoms with Crippen LogP contribution in [-0.4, -0.2) is 47.5 Å². The normalized spacial score (nSPS) is 20.3. The summed E-state index contributed by atoms with van der Waals surface area (Å²) in [6.45, 7) is 7.86. The number of carbonyl (C=O) groups excluding carboxylic acids is 3. The number of aliphatic hydroxyl groups excluding tert-OH is 1. The van der Waals surface area contributed by atoms with Gasteiger partial charge in [-0.05, 0) is 29.9 Å². The van der Waals surface area contributed by atoms with Crippen LogP contribution in [-0.2, 0) is 20.5 Å². The molecule has 0 spiro atoms. The molecule has 0 saturated carbocycles. The molecule has 1 aliphatic rings. The molecule has 4 amide bonds. The van der Waals surface area contributed by atoms with Crippen molar-refractivity contribution in [2.24, 2.45) is 0 Å². The Balaban J connectivity index is 2.14. The van der Waals surface area contributed by atoms with E-state index in [4.69, 9.17) is 5.11 Å². The number of rotatable bonds is 6. The molecular weight excluding hydrogens is 334 g/mol. The summed E-state index contributed by atoms with van der Waals surface area (Å²) in [6, 6.07) is 6.98. The lowest BCUT2D eigenvalue weighted by Gasteiger charge is -2.24. The van der Waals surface area contributed by atoms with E-state index in [-0.39, 0.29) is 18.6 Å². The third-order valence-corrected chi connectivity index (χ3v) is 4.56. The summed E-state index contributed by atoms with van der Waals surface area (Å²) in [5.41, 5.74) is 0.591. The maximum Gasteiger partial charge on any atom is 0.325 e. The zero-order valence-corrected chi connectivity index (χ0v) is 15.8. The molecule has 1 heterocycles. The Bertz CT molecular complexity index is 694. The van der Waals surface area contributed by atoms with Gasteiger partial charge in [0.05, 0.1) is 0 Å². The average Bonchev–Trinajstić information content (AvgIpc) is 2.79. The number of aliphatic hydroxyl groups is 1. The lowest BCUT2D eigenvalue weighted by Crippen LogP contribution is -2.43. The number of carbonyl (C=O) groups is 3. The van der Waals surface area contributed by atoms with Gasteiger partial charge in [0.2, 0.25) is 5.91 Å². The van der Waals surface area contributed by atoms with E-state index in [1.54, 1.807) is 6.92 Å². The Morgan fingerprint density at radius 3 is 2.38 bits per heavy atom. The molecule has 0 bridgehead atoms. The molecule has 1 unspecified atom stereocenters. The van der Waals surface area contributed by atoms with Crippen LogP contribution in [0.4, 0.5) is 4.79 Å². The van der Waals surface area contributed by atoms with Crippen molar-refractivity contribution in [2.75, 3.05) is 19.7 Å². The fourth-order valence-corrected chi connectivity index (χ4v) is 2.85. The van der Waals surface area contributed by atoms with E-state index in [1.807, 2.05) is 24.3 Å². The molecule has 1 saturated heterocycles. The van der Waals surface area contributed by atoms with Crippen molar-refractivity contribution in [2.45, 2.75) is 45.1 Å². The van der Waals surface area contributed by atoms with Gasteiger partial charge in [0.1, 0.15) is 12.1 Å². The first-order chi connectivity index (χ1) is 12.1. The van der Waals surface area contributed by atoms with Gasteiger partial charge in [-0.1, -0.05) is 45.0 Å². The third kappa shape index (κ3) is 4.04. The van der Waals surface area contributed by atoms with Crippen LogP contribution in [0.15, 0.2) is 24.3 Å². The molecule has 1 fully saturated rings. The molecule has 7 heteroatoms. The van der Waals surface area contributed by atoms with Gasteiger partial charge in [-0.15, -0.1) is 0 Å². The standard InChI is InChI=1S/C19H27N3O4/c1-18(2,3)13-6-8-14(9-7-13)19(4)16(25)22(17(26)21-19)12-15(24)20-10-5-11-23/h6-9,23H,5,10-12H2,1-4H3,(H,20,24)(H,21,26). The van der Waals surface area contributed by atoms with E-state index in [0.29, 0.717) is 18.5 Å². The van der Waals surface area contributed by atoms with E-state index in [0.717, 1.165) is 10.5 Å². The third-order valence-electron chi connectivity index (χ3n) is 4.56. The Labute approximate surface area is 153 Å². The van der Waals surface area contributed by atoms with Gasteiger partial charge in [-0.3, -0.25) is 14.5 Å². The highest BCUT2D eigenvalue weighted by molar-refractivity contribution is 6.09. The van der Waals surface area contributed by atoms with Crippen LogP contribution >= 0.6 is 0 Å². The molecule has 1 atom stereocenters. The second-order valence-corrected chi connectivity index (χ2v) is 7.70. The number of hydrogen-bond acceptors (Lipinski definition) is 4. The van der Waals surface area contributed by atoms with E-state index < -0.39 is 23.4 Å². The molecule has 26 heavy (non-hydrogen) atoms. The van der Waals surface area contributed by atoms with Crippen molar-refractivity contribution in [3.05, 3.63) is 35.4 Å². The zero-order valence-electron chi connectivity index (χ0n) is 15.8. The number of urea groups is 1. The first kappa shape index (κ1) is 19.9. The highest BCUT2D eigenvalue weighted by Crippen LogP contribution is 2.30. The van der Waals surface area contributed by atoms with E-state index in [9.17, 15) is 14.4 Å². The molecule has 7 nitrogen and oxygen atoms in total. The van der Waals surface area contributed by atoms with Crippen molar-refractivity contribution in [1.29, 1.82) is 0 Å². The summed E-state index contributed by atoms with van der Waals surface area (Å²) in [5.74, 6) is -0.891. The smallest absolute Gasteiger partial charge is 0.325 e. The van der Waals surface area contributed by atoms with Gasteiger partial charge < -0.3 is 15.7 Å². The van der Waals surface area contributed by atoms with Crippen LogP contribution in [0, 0.1) is 0 Å². The van der Waals surface area contributed by atoms with Crippen LogP contribution in [0.5, 0.6) is 0 Å². The maximum absolute atomic E-state index is 12.8. The van der Waals surface area contributed by atoms with Gasteiger partial charge >= 0.3 is 6.03 Å². The predicted octanol–water partition coefficient (Wildman–Crippen LogP) is 1.25. The van der Waals surface area contributed by atoms with Crippen LogP contribution in [0.2, 0.25) is 0 Å². The fourth-order valence-electron chi connectivity index (χ4n) is 2.85. The molecule has 1 aliphatic heterocycles. The Morgan fingerprint density at radius 2 is 1.85 bits per heavy atom. The summed E-state index contributed by atoms with van der Waals surface area (Å²) in [6.07, 6.45) is 0.420. The topological polar surface area (TPSA) is 98.7 Å². The Kier molecular flexibility index (Phi) is 5.71. The second kappa shape index (κ2) is 7.45. The number of benzene rings is 1. The molecule has 142 valence electrons. The first-order valence-electron chi connectivity index (χ1n) is 8.72. The number of nitrogens with zero attached hydrogens (tertiary/aromatic N) is 1. The lowest BCUT2D eigenvalue weighted by molar-refractivity contribution is -0.134. The van der Waals surface area contributed by atoms with Crippen molar-refractivity contribution < 1.29 is 19.5 Å². The van der Waals surface area contributed by atoms with Gasteiger partial charge in [0.15, 0.2) is 0 Å². The first-order valence-corrected chi connectivity index (χ1v) is 8.72. The maximum atomic E-state index is 12.8. The summed E-state index contributed by atoms with van der Waals surface area (Å²) in [5, 5.41) is 14.0. The minimum atomic E-state index is -1.20. The SMILES string of the molecule is CC(C)(C)c1ccc(C2(C)NC(=O)N(CC(=O)NCCCO)C2=O)cc1. The lowest BCUT2D eigenvalue weighted by atomic mass is 9.84. The Morgan fingerprint density at radius 1 is 1.23 bits per heavy atom. The molecule has 0 aliphatic carbocycles. The number of hydrogen-bond donors (Lipinski definition) is 3. The molecule has 1 aromatic rings. The molecule has 0 radical (unpaired) electrons. The van der Waals surface area contributed by atoms with Crippen LogP contribution in [0.1, 0.15) is 45.2 Å². The van der Waals surface area contributed by atoms with Crippen LogP contribution in [0.3, 0.4) is 0 Å². The van der Waals surface area contributed by atoms with Crippen molar-refractivity contribution in [3.63, 3.8) is 0 Å². The molecule has 1 aromatic carbocycles. The fraction of sp³-hybridized carbons (Fsp3) is 0.526. The van der Waals surface area contributed by atoms with Crippen molar-refractivity contribution in [1.82, 2.24) is 15.5 Å². The van der Waals surface area contributed by atoms with Gasteiger partial charge in [0.25, 0.3) is 5.91 Å². The van der Waals surface area contributed by atoms with Crippen molar-refractivity contribution >= 4 is 17.8 Å². The second-order valence-electron chi connectivity index (χ2n) is 7.70. The highest BCUT2D eigenvalue weighted by Gasteiger charge is 2.49. The van der Waals surface area contributed by atoms with Gasteiger partial charge in [0, 0.05) is 13.2 Å². The highest BCUT2D eigenvalue weighted by atomic mass is 16.3. The van der Waals surface area contributed by atoms with Gasteiger partial charge in [-0.25, -0.2) is 4.79 Å². The Hall–Kier alpha value is -2.41. The monoisotopic (exact) mass is 361 g/mol. The number of nitrogens with one attached hydrogen (secondary N) is 2. The minimum Gasteiger partial charge on any atom is -0.396 e. The van der Waals surface area contributed by atoms with Crippen LogP contribution < -0.4 is 10.6 Å². The minimum absolute atomic E-state index is 0.0128. The van der Waals surface area contributed by atoms with E-state index >= 15 is 0 Å². The predicted molar refractivity (Wildman–Crippen MR) is 97.5 cm³/mol. The van der Waals surface area contributed by atoms with Crippen molar-refractivity contribution in [3.8, 4) is 0 Å². The van der Waals surface area contributed by atoms with E-state index in [1.165, 1.54) is 0 Å². The molecular formula is C19H27N3O4. The number of amides is 4. The van der Waals surface area contributed by atoms with Gasteiger partial charge in [-0.2, -0.15) is 0 Å². The summed E-state index contributed by atoms with van der Waals surface area (Å²) >= 11 is 0. The quantitative estimate of drug-likeness (QED) is 0.524. The largest absolute Gasteiger partial charge is 0.396 e. The molecule has 0 aromatic heterocycles. The molecule has 3 N–H and O–H groups in total. The number of imide groups is 1. The summed E-state index contributed by atoms with van der Waals surface area (Å²) in [7, 11) is 0. The molecule has 2 rings (SSSR count). The average molecular weight is 361 g/mol. The zero-order chi connectivity index (χ0) is 19.5.